The van der Waals surface area contributed by atoms with Crippen LogP contribution >= 0.6 is 0 Å². The molecule has 1 atom stereocenters. The molecule has 0 aromatic heterocycles. The lowest BCUT2D eigenvalue weighted by Gasteiger charge is -2.37. The molecule has 102 valence electrons. The van der Waals surface area contributed by atoms with Gasteiger partial charge in [0.25, 0.3) is 0 Å². The Balaban J connectivity index is 2.02. The first-order valence-electron chi connectivity index (χ1n) is 6.55. The summed E-state index contributed by atoms with van der Waals surface area (Å²) in [6.45, 7) is 1.97. The number of esters is 1. The first kappa shape index (κ1) is 13.3. The highest BCUT2D eigenvalue weighted by atomic mass is 16.5. The normalized spacial score (nSPS) is 26.5. The molecule has 2 fully saturated rings. The lowest BCUT2D eigenvalue weighted by molar-refractivity contribution is -0.156. The van der Waals surface area contributed by atoms with Crippen molar-refractivity contribution in [2.75, 3.05) is 34.3 Å². The molecule has 1 aliphatic heterocycles. The van der Waals surface area contributed by atoms with E-state index in [1.165, 1.54) is 7.11 Å². The second-order valence-corrected chi connectivity index (χ2v) is 5.55. The Morgan fingerprint density at radius 3 is 2.56 bits per heavy atom. The highest BCUT2D eigenvalue weighted by Gasteiger charge is 2.59. The van der Waals surface area contributed by atoms with Crippen molar-refractivity contribution < 1.29 is 14.3 Å². The summed E-state index contributed by atoms with van der Waals surface area (Å²) in [5.74, 6) is -0.432. The zero-order valence-electron chi connectivity index (χ0n) is 11.4. The van der Waals surface area contributed by atoms with Crippen molar-refractivity contribution >= 4 is 11.9 Å². The summed E-state index contributed by atoms with van der Waals surface area (Å²) in [6, 6.07) is 0.221. The molecule has 1 saturated heterocycles. The van der Waals surface area contributed by atoms with Crippen LogP contribution in [0.2, 0.25) is 0 Å². The van der Waals surface area contributed by atoms with Crippen molar-refractivity contribution in [1.29, 1.82) is 0 Å². The second kappa shape index (κ2) is 4.88. The maximum absolute atomic E-state index is 12.4. The highest BCUT2D eigenvalue weighted by Crippen LogP contribution is 2.48. The molecule has 0 spiro atoms. The molecule has 5 nitrogen and oxygen atoms in total. The Hall–Kier alpha value is -1.10. The summed E-state index contributed by atoms with van der Waals surface area (Å²) in [4.78, 5) is 28.1. The van der Waals surface area contributed by atoms with Crippen LogP contribution in [-0.4, -0.2) is 62.0 Å². The number of amides is 1. The van der Waals surface area contributed by atoms with E-state index in [1.807, 2.05) is 7.05 Å². The van der Waals surface area contributed by atoms with E-state index in [2.05, 4.69) is 11.9 Å². The van der Waals surface area contributed by atoms with Gasteiger partial charge in [-0.05, 0) is 39.3 Å². The minimum absolute atomic E-state index is 0.0605. The molecule has 1 aliphatic carbocycles. The minimum atomic E-state index is -0.862. The van der Waals surface area contributed by atoms with E-state index in [-0.39, 0.29) is 17.9 Å². The van der Waals surface area contributed by atoms with Crippen LogP contribution in [0.5, 0.6) is 0 Å². The fourth-order valence-electron chi connectivity index (χ4n) is 2.78. The highest BCUT2D eigenvalue weighted by molar-refractivity contribution is 6.05. The van der Waals surface area contributed by atoms with Crippen molar-refractivity contribution in [1.82, 2.24) is 9.80 Å². The maximum atomic E-state index is 12.4. The molecular formula is C13H22N2O3. The quantitative estimate of drug-likeness (QED) is 0.543. The number of ether oxygens (including phenoxy) is 1. The predicted octanol–water partition coefficient (Wildman–Crippen LogP) is 0.492. The fourth-order valence-corrected chi connectivity index (χ4v) is 2.78. The van der Waals surface area contributed by atoms with Crippen molar-refractivity contribution in [2.45, 2.75) is 31.7 Å². The zero-order valence-corrected chi connectivity index (χ0v) is 11.4. The van der Waals surface area contributed by atoms with Gasteiger partial charge in [0.15, 0.2) is 0 Å². The number of likely N-dealkylation sites (N-methyl/N-ethyl adjacent to an activating group) is 2. The van der Waals surface area contributed by atoms with E-state index in [4.69, 9.17) is 4.74 Å². The van der Waals surface area contributed by atoms with Crippen LogP contribution < -0.4 is 0 Å². The summed E-state index contributed by atoms with van der Waals surface area (Å²) in [6.07, 6.45) is 3.38. The minimum Gasteiger partial charge on any atom is -0.468 e. The van der Waals surface area contributed by atoms with Gasteiger partial charge >= 0.3 is 5.97 Å². The molecule has 2 rings (SSSR count). The lowest BCUT2D eigenvalue weighted by Crippen LogP contribution is -2.50. The number of carbonyl (C=O) groups is 2. The zero-order chi connectivity index (χ0) is 13.3. The average Bonchev–Trinajstić information content (AvgIpc) is 3.17. The van der Waals surface area contributed by atoms with Gasteiger partial charge in [-0.25, -0.2) is 0 Å². The standard InChI is InChI=1S/C13H22N2O3/c1-14-8-4-5-10(9-14)15(2)11(16)13(6-7-13)12(17)18-3/h10H,4-9H2,1-3H3. The molecule has 0 radical (unpaired) electrons. The summed E-state index contributed by atoms with van der Waals surface area (Å²) >= 11 is 0. The molecule has 1 saturated carbocycles. The summed E-state index contributed by atoms with van der Waals surface area (Å²) in [5.41, 5.74) is -0.862. The predicted molar refractivity (Wildman–Crippen MR) is 67.0 cm³/mol. The lowest BCUT2D eigenvalue weighted by atomic mass is 10.0. The van der Waals surface area contributed by atoms with E-state index < -0.39 is 5.41 Å². The Morgan fingerprint density at radius 1 is 1.39 bits per heavy atom. The van der Waals surface area contributed by atoms with Crippen molar-refractivity contribution in [3.63, 3.8) is 0 Å². The molecule has 0 N–H and O–H groups in total. The van der Waals surface area contributed by atoms with Crippen molar-refractivity contribution in [3.8, 4) is 0 Å². The smallest absolute Gasteiger partial charge is 0.321 e. The van der Waals surface area contributed by atoms with Crippen LogP contribution in [0.25, 0.3) is 0 Å². The molecular weight excluding hydrogens is 232 g/mol. The van der Waals surface area contributed by atoms with Gasteiger partial charge in [0.2, 0.25) is 5.91 Å². The number of likely N-dealkylation sites (tertiary alicyclic amines) is 1. The molecule has 0 aromatic rings. The first-order chi connectivity index (χ1) is 8.51. The number of hydrogen-bond acceptors (Lipinski definition) is 4. The Morgan fingerprint density at radius 2 is 2.06 bits per heavy atom. The summed E-state index contributed by atoms with van der Waals surface area (Å²) in [5, 5.41) is 0. The fraction of sp³-hybridized carbons (Fsp3) is 0.846. The Bertz CT molecular complexity index is 352. The van der Waals surface area contributed by atoms with Crippen LogP contribution in [0.3, 0.4) is 0 Å². The summed E-state index contributed by atoms with van der Waals surface area (Å²) < 4.78 is 4.76. The van der Waals surface area contributed by atoms with Gasteiger partial charge in [-0.1, -0.05) is 0 Å². The van der Waals surface area contributed by atoms with E-state index in [0.29, 0.717) is 12.8 Å². The molecule has 0 aromatic carbocycles. The van der Waals surface area contributed by atoms with Crippen LogP contribution in [-0.2, 0) is 14.3 Å². The molecule has 1 unspecified atom stereocenters. The van der Waals surface area contributed by atoms with Gasteiger partial charge in [0.05, 0.1) is 7.11 Å². The maximum Gasteiger partial charge on any atom is 0.321 e. The first-order valence-corrected chi connectivity index (χ1v) is 6.55. The third-order valence-electron chi connectivity index (χ3n) is 4.20. The number of rotatable bonds is 3. The van der Waals surface area contributed by atoms with E-state index in [0.717, 1.165) is 25.9 Å². The van der Waals surface area contributed by atoms with Crippen molar-refractivity contribution in [2.24, 2.45) is 5.41 Å². The Kier molecular flexibility index (Phi) is 3.61. The van der Waals surface area contributed by atoms with Gasteiger partial charge in [-0.3, -0.25) is 9.59 Å². The molecule has 1 amide bonds. The Labute approximate surface area is 108 Å². The van der Waals surface area contributed by atoms with E-state index in [1.54, 1.807) is 4.90 Å². The van der Waals surface area contributed by atoms with Crippen LogP contribution in [0.1, 0.15) is 25.7 Å². The van der Waals surface area contributed by atoms with Gasteiger partial charge in [-0.15, -0.1) is 0 Å². The average molecular weight is 254 g/mol. The van der Waals surface area contributed by atoms with Crippen molar-refractivity contribution in [3.05, 3.63) is 0 Å². The monoisotopic (exact) mass is 254 g/mol. The summed E-state index contributed by atoms with van der Waals surface area (Å²) in [7, 11) is 5.23. The molecule has 2 aliphatic rings. The van der Waals surface area contributed by atoms with Crippen LogP contribution in [0.4, 0.5) is 0 Å². The number of hydrogen-bond donors (Lipinski definition) is 0. The number of carbonyl (C=O) groups excluding carboxylic acids is 2. The number of nitrogens with zero attached hydrogens (tertiary/aromatic N) is 2. The van der Waals surface area contributed by atoms with E-state index >= 15 is 0 Å². The third-order valence-corrected chi connectivity index (χ3v) is 4.20. The van der Waals surface area contributed by atoms with Crippen LogP contribution in [0, 0.1) is 5.41 Å². The molecule has 18 heavy (non-hydrogen) atoms. The van der Waals surface area contributed by atoms with Gasteiger partial charge in [-0.2, -0.15) is 0 Å². The molecule has 0 bridgehead atoms. The van der Waals surface area contributed by atoms with Gasteiger partial charge in [0.1, 0.15) is 5.41 Å². The van der Waals surface area contributed by atoms with E-state index in [9.17, 15) is 9.59 Å². The third kappa shape index (κ3) is 2.23. The van der Waals surface area contributed by atoms with Gasteiger partial charge < -0.3 is 14.5 Å². The number of methoxy groups -OCH3 is 1. The molecule has 5 heteroatoms. The SMILES string of the molecule is COC(=O)C1(C(=O)N(C)C2CCCN(C)C2)CC1. The van der Waals surface area contributed by atoms with Crippen LogP contribution in [0.15, 0.2) is 0 Å². The topological polar surface area (TPSA) is 49.9 Å². The second-order valence-electron chi connectivity index (χ2n) is 5.55. The largest absolute Gasteiger partial charge is 0.468 e. The molecule has 1 heterocycles. The number of piperidine rings is 1. The van der Waals surface area contributed by atoms with Gasteiger partial charge in [0, 0.05) is 19.6 Å².